The first kappa shape index (κ1) is 16.2. The summed E-state index contributed by atoms with van der Waals surface area (Å²) in [5.74, 6) is 0. The van der Waals surface area contributed by atoms with E-state index in [1.54, 1.807) is 11.8 Å². The Balaban J connectivity index is 1.80. The fourth-order valence-electron chi connectivity index (χ4n) is 2.45. The molecule has 3 rings (SSSR count). The van der Waals surface area contributed by atoms with Crippen LogP contribution in [-0.4, -0.2) is 5.37 Å². The Bertz CT molecular complexity index is 760. The molecule has 0 amide bonds. The number of nitrogens with two attached hydrogens (primary N) is 1. The van der Waals surface area contributed by atoms with Crippen LogP contribution in [0.25, 0.3) is 22.3 Å². The van der Waals surface area contributed by atoms with Gasteiger partial charge in [0.05, 0.1) is 5.37 Å². The first-order valence-corrected chi connectivity index (χ1v) is 8.87. The first-order valence-electron chi connectivity index (χ1n) is 7.54. The van der Waals surface area contributed by atoms with E-state index in [1.807, 2.05) is 19.1 Å². The lowest BCUT2D eigenvalue weighted by Gasteiger charge is -2.08. The Kier molecular flexibility index (Phi) is 5.11. The van der Waals surface area contributed by atoms with Crippen LogP contribution in [0.15, 0.2) is 82.6 Å². The summed E-state index contributed by atoms with van der Waals surface area (Å²) in [4.78, 5) is 2.18. The van der Waals surface area contributed by atoms with Gasteiger partial charge in [-0.3, -0.25) is 0 Å². The van der Waals surface area contributed by atoms with Crippen LogP contribution in [-0.2, 0) is 0 Å². The highest BCUT2D eigenvalue weighted by Gasteiger charge is 2.02. The van der Waals surface area contributed by atoms with Gasteiger partial charge < -0.3 is 5.73 Å². The second-order valence-corrected chi connectivity index (χ2v) is 7.44. The predicted octanol–water partition coefficient (Wildman–Crippen LogP) is 5.71. The van der Waals surface area contributed by atoms with E-state index in [2.05, 4.69) is 73.3 Å². The highest BCUT2D eigenvalue weighted by Crippen LogP contribution is 2.28. The zero-order valence-electron chi connectivity index (χ0n) is 12.9. The molecule has 0 aliphatic carbocycles. The number of thioether (sulfide) groups is 1. The first-order chi connectivity index (χ1) is 11.1. The summed E-state index contributed by atoms with van der Waals surface area (Å²) < 4.78 is 0. The maximum Gasteiger partial charge on any atom is 0.0525 e. The lowest BCUT2D eigenvalue weighted by atomic mass is 10.0. The standard InChI is InChI=1S/C20H19NS2/c1-14(21)23-20-12-8-18(9-13-20)16-4-2-15(3-5-16)17-6-10-19(22)11-7-17/h2-14,22H,21H2,1H3/t14-/m0/s1. The molecule has 0 spiro atoms. The summed E-state index contributed by atoms with van der Waals surface area (Å²) in [7, 11) is 0. The smallest absolute Gasteiger partial charge is 0.0525 e. The van der Waals surface area contributed by atoms with Crippen molar-refractivity contribution >= 4 is 24.4 Å². The summed E-state index contributed by atoms with van der Waals surface area (Å²) in [6.45, 7) is 2.00. The van der Waals surface area contributed by atoms with Crippen molar-refractivity contribution < 1.29 is 0 Å². The molecule has 0 radical (unpaired) electrons. The summed E-state index contributed by atoms with van der Waals surface area (Å²) in [5.41, 5.74) is 10.7. The largest absolute Gasteiger partial charge is 0.319 e. The normalized spacial score (nSPS) is 12.1. The molecule has 0 saturated carbocycles. The second-order valence-electron chi connectivity index (χ2n) is 5.47. The molecule has 0 saturated heterocycles. The van der Waals surface area contributed by atoms with Crippen LogP contribution in [0.5, 0.6) is 0 Å². The van der Waals surface area contributed by atoms with Gasteiger partial charge in [-0.2, -0.15) is 0 Å². The highest BCUT2D eigenvalue weighted by molar-refractivity contribution is 7.99. The van der Waals surface area contributed by atoms with Crippen molar-refractivity contribution in [2.24, 2.45) is 5.73 Å². The van der Waals surface area contributed by atoms with Crippen molar-refractivity contribution in [2.45, 2.75) is 22.1 Å². The lowest BCUT2D eigenvalue weighted by Crippen LogP contribution is -2.08. The van der Waals surface area contributed by atoms with Gasteiger partial charge in [0.15, 0.2) is 0 Å². The molecule has 23 heavy (non-hydrogen) atoms. The molecule has 3 aromatic carbocycles. The summed E-state index contributed by atoms with van der Waals surface area (Å²) >= 11 is 6.00. The highest BCUT2D eigenvalue weighted by atomic mass is 32.2. The van der Waals surface area contributed by atoms with Gasteiger partial charge in [-0.15, -0.1) is 24.4 Å². The molecule has 3 heteroatoms. The zero-order valence-corrected chi connectivity index (χ0v) is 14.6. The van der Waals surface area contributed by atoms with E-state index in [1.165, 1.54) is 27.1 Å². The van der Waals surface area contributed by atoms with Crippen molar-refractivity contribution in [3.8, 4) is 22.3 Å². The van der Waals surface area contributed by atoms with Crippen LogP contribution >= 0.6 is 24.4 Å². The quantitative estimate of drug-likeness (QED) is 0.362. The molecule has 1 atom stereocenters. The van der Waals surface area contributed by atoms with Gasteiger partial charge in [-0.05, 0) is 53.4 Å². The predicted molar refractivity (Wildman–Crippen MR) is 104 cm³/mol. The molecule has 0 aliphatic rings. The van der Waals surface area contributed by atoms with Crippen LogP contribution in [0.1, 0.15) is 6.92 Å². The molecule has 0 heterocycles. The Labute approximate surface area is 147 Å². The maximum absolute atomic E-state index is 5.81. The van der Waals surface area contributed by atoms with E-state index in [4.69, 9.17) is 5.73 Å². The topological polar surface area (TPSA) is 26.0 Å². The van der Waals surface area contributed by atoms with E-state index in [9.17, 15) is 0 Å². The number of hydrogen-bond donors (Lipinski definition) is 2. The summed E-state index contributed by atoms with van der Waals surface area (Å²) in [5, 5.41) is 0.115. The molecule has 3 aromatic rings. The van der Waals surface area contributed by atoms with Crippen LogP contribution < -0.4 is 5.73 Å². The Hall–Kier alpha value is -1.68. The van der Waals surface area contributed by atoms with E-state index < -0.39 is 0 Å². The van der Waals surface area contributed by atoms with Crippen LogP contribution in [0, 0.1) is 0 Å². The van der Waals surface area contributed by atoms with Crippen LogP contribution in [0.2, 0.25) is 0 Å². The number of rotatable bonds is 4. The molecule has 0 unspecified atom stereocenters. The second kappa shape index (κ2) is 7.26. The van der Waals surface area contributed by atoms with Crippen molar-refractivity contribution in [1.82, 2.24) is 0 Å². The SMILES string of the molecule is C[C@@H](N)Sc1ccc(-c2ccc(-c3ccc(S)cc3)cc2)cc1. The van der Waals surface area contributed by atoms with E-state index >= 15 is 0 Å². The minimum absolute atomic E-state index is 0.115. The van der Waals surface area contributed by atoms with E-state index in [0.29, 0.717) is 0 Å². The van der Waals surface area contributed by atoms with E-state index in [-0.39, 0.29) is 5.37 Å². The Morgan fingerprint density at radius 1 is 0.696 bits per heavy atom. The lowest BCUT2D eigenvalue weighted by molar-refractivity contribution is 1.04. The Morgan fingerprint density at radius 3 is 1.43 bits per heavy atom. The van der Waals surface area contributed by atoms with E-state index in [0.717, 1.165) is 4.90 Å². The third-order valence-corrected chi connectivity index (χ3v) is 4.81. The third-order valence-electron chi connectivity index (χ3n) is 3.60. The molecule has 0 bridgehead atoms. The van der Waals surface area contributed by atoms with Crippen molar-refractivity contribution in [3.05, 3.63) is 72.8 Å². The molecule has 0 fully saturated rings. The number of benzene rings is 3. The Morgan fingerprint density at radius 2 is 1.04 bits per heavy atom. The third kappa shape index (κ3) is 4.20. The van der Waals surface area contributed by atoms with Gasteiger partial charge >= 0.3 is 0 Å². The van der Waals surface area contributed by atoms with Crippen molar-refractivity contribution in [2.75, 3.05) is 0 Å². The molecule has 1 nitrogen and oxygen atoms in total. The van der Waals surface area contributed by atoms with Crippen LogP contribution in [0.4, 0.5) is 0 Å². The number of hydrogen-bond acceptors (Lipinski definition) is 3. The summed E-state index contributed by atoms with van der Waals surface area (Å²) in [6, 6.07) is 25.4. The fraction of sp³-hybridized carbons (Fsp3) is 0.100. The monoisotopic (exact) mass is 337 g/mol. The van der Waals surface area contributed by atoms with Gasteiger partial charge in [0.25, 0.3) is 0 Å². The maximum atomic E-state index is 5.81. The molecule has 2 N–H and O–H groups in total. The van der Waals surface area contributed by atoms with Crippen molar-refractivity contribution in [1.29, 1.82) is 0 Å². The fourth-order valence-corrected chi connectivity index (χ4v) is 3.32. The molecule has 0 aromatic heterocycles. The minimum atomic E-state index is 0.115. The number of thiol groups is 1. The average molecular weight is 338 g/mol. The van der Waals surface area contributed by atoms with Gasteiger partial charge in [0.1, 0.15) is 0 Å². The van der Waals surface area contributed by atoms with Gasteiger partial charge in [-0.1, -0.05) is 48.5 Å². The molecule has 116 valence electrons. The molecular weight excluding hydrogens is 318 g/mol. The van der Waals surface area contributed by atoms with Gasteiger partial charge in [0, 0.05) is 9.79 Å². The van der Waals surface area contributed by atoms with Crippen molar-refractivity contribution in [3.63, 3.8) is 0 Å². The average Bonchev–Trinajstić information content (AvgIpc) is 2.56. The minimum Gasteiger partial charge on any atom is -0.319 e. The van der Waals surface area contributed by atoms with Gasteiger partial charge in [-0.25, -0.2) is 0 Å². The molecular formula is C20H19NS2. The summed E-state index contributed by atoms with van der Waals surface area (Å²) in [6.07, 6.45) is 0. The van der Waals surface area contributed by atoms with Gasteiger partial charge in [0.2, 0.25) is 0 Å². The molecule has 0 aliphatic heterocycles. The zero-order chi connectivity index (χ0) is 16.2. The van der Waals surface area contributed by atoms with Crippen LogP contribution in [0.3, 0.4) is 0 Å².